The molecule has 2 heterocycles. The van der Waals surface area contributed by atoms with Crippen LogP contribution >= 0.6 is 0 Å². The Labute approximate surface area is 141 Å². The second-order valence-electron chi connectivity index (χ2n) is 6.85. The van der Waals surface area contributed by atoms with Crippen molar-refractivity contribution in [2.75, 3.05) is 7.05 Å². The van der Waals surface area contributed by atoms with Gasteiger partial charge in [-0.2, -0.15) is 0 Å². The number of guanidine groups is 1. The molecule has 24 heavy (non-hydrogen) atoms. The molecule has 5 nitrogen and oxygen atoms in total. The molecule has 1 aliphatic heterocycles. The van der Waals surface area contributed by atoms with Gasteiger partial charge in [0.1, 0.15) is 5.54 Å². The molecule has 4 rings (SSSR count). The molecule has 1 aromatic heterocycles. The molecule has 2 atom stereocenters. The number of aryl methyl sites for hydroxylation is 1. The summed E-state index contributed by atoms with van der Waals surface area (Å²) >= 11 is 0. The van der Waals surface area contributed by atoms with E-state index >= 15 is 0 Å². The molecule has 1 aromatic carbocycles. The summed E-state index contributed by atoms with van der Waals surface area (Å²) in [4.78, 5) is 10.9. The van der Waals surface area contributed by atoms with Gasteiger partial charge in [-0.1, -0.05) is 18.2 Å². The number of rotatable bonds is 3. The Morgan fingerprint density at radius 2 is 2.04 bits per heavy atom. The normalized spacial score (nSPS) is 26.5. The Kier molecular flexibility index (Phi) is 3.35. The van der Waals surface area contributed by atoms with Gasteiger partial charge in [0.15, 0.2) is 12.2 Å². The minimum absolute atomic E-state index is 0.330. The largest absolute Gasteiger partial charge is 0.371 e. The van der Waals surface area contributed by atoms with E-state index in [1.54, 1.807) is 11.9 Å². The van der Waals surface area contributed by atoms with Crippen molar-refractivity contribution in [3.05, 3.63) is 53.7 Å². The molecule has 124 valence electrons. The lowest BCUT2D eigenvalue weighted by Crippen LogP contribution is -2.46. The zero-order valence-corrected chi connectivity index (χ0v) is 14.0. The van der Waals surface area contributed by atoms with Crippen molar-refractivity contribution in [1.29, 1.82) is 0 Å². The van der Waals surface area contributed by atoms with Crippen LogP contribution in [0, 0.1) is 12.8 Å². The zero-order chi connectivity index (χ0) is 16.9. The first-order valence-corrected chi connectivity index (χ1v) is 8.32. The van der Waals surface area contributed by atoms with Crippen LogP contribution in [0.1, 0.15) is 24.0 Å². The minimum atomic E-state index is -0.731. The number of pyridine rings is 1. The number of hydrogen-bond donors (Lipinski definition) is 2. The first kappa shape index (κ1) is 15.1. The van der Waals surface area contributed by atoms with E-state index in [1.807, 2.05) is 30.5 Å². The number of nitrogens with zero attached hydrogens (tertiary/aromatic N) is 3. The van der Waals surface area contributed by atoms with E-state index in [0.29, 0.717) is 11.9 Å². The molecule has 1 fully saturated rings. The van der Waals surface area contributed by atoms with Gasteiger partial charge in [0.25, 0.3) is 0 Å². The Bertz CT molecular complexity index is 815. The molecule has 1 saturated carbocycles. The van der Waals surface area contributed by atoms with Crippen molar-refractivity contribution in [1.82, 2.24) is 9.88 Å². The van der Waals surface area contributed by atoms with Gasteiger partial charge in [0, 0.05) is 18.8 Å². The topological polar surface area (TPSA) is 74.7 Å². The van der Waals surface area contributed by atoms with Gasteiger partial charge in [0.2, 0.25) is 0 Å². The second kappa shape index (κ2) is 5.31. The van der Waals surface area contributed by atoms with Crippen LogP contribution in [-0.4, -0.2) is 34.2 Å². The highest BCUT2D eigenvalue weighted by Gasteiger charge is 2.56. The van der Waals surface area contributed by atoms with Gasteiger partial charge >= 0.3 is 0 Å². The predicted octanol–water partition coefficient (Wildman–Crippen LogP) is 2.24. The Hall–Kier alpha value is -2.40. The number of aliphatic imine (C=N–C) groups is 1. The maximum Gasteiger partial charge on any atom is 0.194 e. The number of hydrogen-bond acceptors (Lipinski definition) is 5. The third-order valence-corrected chi connectivity index (χ3v) is 5.16. The summed E-state index contributed by atoms with van der Waals surface area (Å²) in [5.74, 6) is 0.727. The van der Waals surface area contributed by atoms with Crippen LogP contribution in [0.4, 0.5) is 0 Å². The van der Waals surface area contributed by atoms with Crippen LogP contribution in [0.15, 0.2) is 47.6 Å². The van der Waals surface area contributed by atoms with Gasteiger partial charge in [-0.3, -0.25) is 4.98 Å². The zero-order valence-electron chi connectivity index (χ0n) is 14.0. The van der Waals surface area contributed by atoms with E-state index in [0.717, 1.165) is 29.7 Å². The molecule has 2 aromatic rings. The summed E-state index contributed by atoms with van der Waals surface area (Å²) in [7, 11) is 1.79. The summed E-state index contributed by atoms with van der Waals surface area (Å²) in [6.07, 6.45) is 3.22. The molecule has 2 unspecified atom stereocenters. The van der Waals surface area contributed by atoms with Crippen molar-refractivity contribution < 1.29 is 5.11 Å². The van der Waals surface area contributed by atoms with Gasteiger partial charge in [-0.05, 0) is 55.0 Å². The minimum Gasteiger partial charge on any atom is -0.371 e. The quantitative estimate of drug-likeness (QED) is 0.909. The monoisotopic (exact) mass is 322 g/mol. The van der Waals surface area contributed by atoms with E-state index in [2.05, 4.69) is 24.0 Å². The van der Waals surface area contributed by atoms with E-state index < -0.39 is 11.8 Å². The molecular weight excluding hydrogens is 300 g/mol. The molecule has 2 aliphatic rings. The first-order valence-electron chi connectivity index (χ1n) is 8.32. The molecule has 0 bridgehead atoms. The molecule has 0 radical (unpaired) electrons. The van der Waals surface area contributed by atoms with E-state index in [9.17, 15) is 5.11 Å². The fourth-order valence-electron chi connectivity index (χ4n) is 3.64. The maximum atomic E-state index is 10.9. The number of aromatic nitrogens is 1. The van der Waals surface area contributed by atoms with E-state index in [-0.39, 0.29) is 0 Å². The van der Waals surface area contributed by atoms with Crippen molar-refractivity contribution in [3.8, 4) is 11.3 Å². The highest BCUT2D eigenvalue weighted by atomic mass is 16.3. The summed E-state index contributed by atoms with van der Waals surface area (Å²) in [6, 6.07) is 12.2. The van der Waals surface area contributed by atoms with Crippen LogP contribution in [0.3, 0.4) is 0 Å². The third kappa shape index (κ3) is 2.19. The molecule has 3 N–H and O–H groups in total. The lowest BCUT2D eigenvalue weighted by Gasteiger charge is -2.33. The number of aliphatic hydroxyl groups excluding tert-OH is 1. The summed E-state index contributed by atoms with van der Waals surface area (Å²) in [5.41, 5.74) is 9.49. The Morgan fingerprint density at radius 3 is 2.67 bits per heavy atom. The molecule has 0 saturated heterocycles. The van der Waals surface area contributed by atoms with Crippen molar-refractivity contribution >= 4 is 5.96 Å². The average Bonchev–Trinajstić information content (AvgIpc) is 3.40. The fourth-order valence-corrected chi connectivity index (χ4v) is 3.64. The van der Waals surface area contributed by atoms with Crippen molar-refractivity contribution in [2.24, 2.45) is 16.6 Å². The van der Waals surface area contributed by atoms with Gasteiger partial charge in [-0.15, -0.1) is 0 Å². The van der Waals surface area contributed by atoms with Gasteiger partial charge in [-0.25, -0.2) is 4.99 Å². The molecular formula is C19H22N4O. The van der Waals surface area contributed by atoms with Gasteiger partial charge in [0.05, 0.1) is 5.69 Å². The number of likely N-dealkylation sites (N-methyl/N-ethyl adjacent to an activating group) is 1. The summed E-state index contributed by atoms with van der Waals surface area (Å²) < 4.78 is 0. The van der Waals surface area contributed by atoms with Crippen LogP contribution in [0.25, 0.3) is 11.3 Å². The summed E-state index contributed by atoms with van der Waals surface area (Å²) in [5, 5.41) is 10.9. The maximum absolute atomic E-state index is 10.9. The van der Waals surface area contributed by atoms with Crippen LogP contribution in [0.2, 0.25) is 0 Å². The number of aliphatic hydroxyl groups is 1. The first-order chi connectivity index (χ1) is 11.5. The van der Waals surface area contributed by atoms with Crippen molar-refractivity contribution in [3.63, 3.8) is 0 Å². The SMILES string of the molecule is Cc1ccnc(-c2cccc(C3(C4CC4)N=C(N)N(C)C3O)c2)c1. The Balaban J connectivity index is 1.83. The standard InChI is InChI=1S/C19H22N4O/c1-12-8-9-21-16(10-12)13-4-3-5-15(11-13)19(14-6-7-14)17(24)23(2)18(20)22-19/h3-5,8-11,14,17,24H,6-7H2,1-2H3,(H2,20,22). The smallest absolute Gasteiger partial charge is 0.194 e. The average molecular weight is 322 g/mol. The number of benzene rings is 1. The van der Waals surface area contributed by atoms with Crippen LogP contribution in [0.5, 0.6) is 0 Å². The lowest BCUT2D eigenvalue weighted by molar-refractivity contribution is 0.00473. The van der Waals surface area contributed by atoms with Crippen LogP contribution < -0.4 is 5.73 Å². The predicted molar refractivity (Wildman–Crippen MR) is 94.2 cm³/mol. The van der Waals surface area contributed by atoms with Crippen LogP contribution in [-0.2, 0) is 5.54 Å². The number of nitrogens with two attached hydrogens (primary N) is 1. The molecule has 0 amide bonds. The molecule has 5 heteroatoms. The highest BCUT2D eigenvalue weighted by Crippen LogP contribution is 2.53. The summed E-state index contributed by atoms with van der Waals surface area (Å²) in [6.45, 7) is 2.06. The second-order valence-corrected chi connectivity index (χ2v) is 6.85. The Morgan fingerprint density at radius 1 is 1.25 bits per heavy atom. The van der Waals surface area contributed by atoms with E-state index in [1.165, 1.54) is 5.56 Å². The lowest BCUT2D eigenvalue weighted by atomic mass is 9.83. The highest BCUT2D eigenvalue weighted by molar-refractivity contribution is 5.81. The fraction of sp³-hybridized carbons (Fsp3) is 0.368. The molecule has 1 aliphatic carbocycles. The third-order valence-electron chi connectivity index (χ3n) is 5.16. The molecule has 0 spiro atoms. The van der Waals surface area contributed by atoms with E-state index in [4.69, 9.17) is 10.7 Å². The van der Waals surface area contributed by atoms with Crippen molar-refractivity contribution in [2.45, 2.75) is 31.5 Å². The van der Waals surface area contributed by atoms with Gasteiger partial charge < -0.3 is 15.7 Å².